The lowest BCUT2D eigenvalue weighted by Crippen LogP contribution is -2.42. The number of unbranched alkanes of at least 4 members (excludes halogenated alkanes) is 1. The largest absolute Gasteiger partial charge is 0.466 e. The number of carbonyl (C=O) groups is 2. The van der Waals surface area contributed by atoms with Crippen molar-refractivity contribution in [1.82, 2.24) is 4.90 Å². The molecule has 0 aliphatic heterocycles. The molecule has 0 rings (SSSR count). The molecular formula is C18H31NO4. The third-order valence-electron chi connectivity index (χ3n) is 3.00. The molecule has 0 N–H and O–H groups in total. The molecule has 0 aliphatic rings. The highest BCUT2D eigenvalue weighted by Gasteiger charge is 2.27. The van der Waals surface area contributed by atoms with Crippen LogP contribution in [0, 0.1) is 5.92 Å². The zero-order valence-electron chi connectivity index (χ0n) is 15.0. The third kappa shape index (κ3) is 9.76. The van der Waals surface area contributed by atoms with Gasteiger partial charge in [0.05, 0.1) is 12.5 Å². The zero-order valence-corrected chi connectivity index (χ0v) is 15.0. The molecule has 0 aromatic carbocycles. The third-order valence-corrected chi connectivity index (χ3v) is 3.00. The van der Waals surface area contributed by atoms with Crippen molar-refractivity contribution in [3.63, 3.8) is 0 Å². The number of nitrogens with zero attached hydrogens (tertiary/aromatic N) is 1. The van der Waals surface area contributed by atoms with E-state index in [0.29, 0.717) is 19.6 Å². The number of amides is 1. The predicted octanol–water partition coefficient (Wildman–Crippen LogP) is 3.95. The van der Waals surface area contributed by atoms with Gasteiger partial charge in [0.25, 0.3) is 0 Å². The molecule has 0 saturated heterocycles. The molecule has 132 valence electrons. The molecule has 1 unspecified atom stereocenters. The molecule has 1 amide bonds. The van der Waals surface area contributed by atoms with Gasteiger partial charge in [-0.1, -0.05) is 12.2 Å². The van der Waals surface area contributed by atoms with E-state index in [9.17, 15) is 9.59 Å². The summed E-state index contributed by atoms with van der Waals surface area (Å²) in [6, 6.07) is 0. The molecule has 0 bridgehead atoms. The van der Waals surface area contributed by atoms with Gasteiger partial charge in [0.15, 0.2) is 0 Å². The molecule has 0 aliphatic carbocycles. The lowest BCUT2D eigenvalue weighted by molar-refractivity contribution is -0.148. The maximum atomic E-state index is 12.4. The quantitative estimate of drug-likeness (QED) is 0.347. The van der Waals surface area contributed by atoms with Gasteiger partial charge in [0.2, 0.25) is 0 Å². The first-order valence-corrected chi connectivity index (χ1v) is 8.11. The summed E-state index contributed by atoms with van der Waals surface area (Å²) in [5.74, 6) is -0.742. The van der Waals surface area contributed by atoms with E-state index in [0.717, 1.165) is 12.8 Å². The molecule has 0 fully saturated rings. The Morgan fingerprint density at radius 3 is 2.35 bits per heavy atom. The van der Waals surface area contributed by atoms with Crippen LogP contribution in [0.1, 0.15) is 47.0 Å². The Kier molecular flexibility index (Phi) is 10.0. The topological polar surface area (TPSA) is 55.8 Å². The fourth-order valence-electron chi connectivity index (χ4n) is 1.98. The summed E-state index contributed by atoms with van der Waals surface area (Å²) in [6.45, 7) is 15.7. The van der Waals surface area contributed by atoms with Gasteiger partial charge in [-0.25, -0.2) is 4.79 Å². The van der Waals surface area contributed by atoms with E-state index in [4.69, 9.17) is 9.47 Å². The van der Waals surface area contributed by atoms with Crippen LogP contribution < -0.4 is 0 Å². The van der Waals surface area contributed by atoms with Gasteiger partial charge >= 0.3 is 12.1 Å². The summed E-state index contributed by atoms with van der Waals surface area (Å²) < 4.78 is 10.5. The Morgan fingerprint density at radius 1 is 1.22 bits per heavy atom. The second-order valence-electron chi connectivity index (χ2n) is 6.33. The monoisotopic (exact) mass is 325 g/mol. The van der Waals surface area contributed by atoms with E-state index < -0.39 is 17.6 Å². The Hall–Kier alpha value is -1.78. The number of carbonyl (C=O) groups excluding carboxylic acids is 2. The number of rotatable bonds is 10. The lowest BCUT2D eigenvalue weighted by atomic mass is 10.1. The van der Waals surface area contributed by atoms with Gasteiger partial charge in [-0.15, -0.1) is 13.2 Å². The van der Waals surface area contributed by atoms with Crippen LogP contribution in [-0.4, -0.2) is 42.3 Å². The lowest BCUT2D eigenvalue weighted by Gasteiger charge is -2.29. The molecular weight excluding hydrogens is 294 g/mol. The van der Waals surface area contributed by atoms with Gasteiger partial charge in [0, 0.05) is 13.1 Å². The van der Waals surface area contributed by atoms with Gasteiger partial charge in [-0.05, 0) is 47.0 Å². The van der Waals surface area contributed by atoms with Gasteiger partial charge < -0.3 is 14.4 Å². The van der Waals surface area contributed by atoms with Gasteiger partial charge in [0.1, 0.15) is 5.60 Å². The number of hydrogen-bond donors (Lipinski definition) is 0. The Bertz CT molecular complexity index is 398. The Balaban J connectivity index is 4.99. The second-order valence-corrected chi connectivity index (χ2v) is 6.33. The van der Waals surface area contributed by atoms with Gasteiger partial charge in [-0.2, -0.15) is 0 Å². The van der Waals surface area contributed by atoms with Crippen molar-refractivity contribution in [1.29, 1.82) is 0 Å². The second kappa shape index (κ2) is 10.9. The Morgan fingerprint density at radius 2 is 1.87 bits per heavy atom. The summed E-state index contributed by atoms with van der Waals surface area (Å²) >= 11 is 0. The molecule has 0 spiro atoms. The fraction of sp³-hybridized carbons (Fsp3) is 0.667. The van der Waals surface area contributed by atoms with E-state index in [1.165, 1.54) is 0 Å². The number of hydrogen-bond acceptors (Lipinski definition) is 4. The van der Waals surface area contributed by atoms with Crippen LogP contribution in [0.15, 0.2) is 25.3 Å². The first kappa shape index (κ1) is 21.2. The van der Waals surface area contributed by atoms with Crippen molar-refractivity contribution in [2.45, 2.75) is 52.6 Å². The maximum Gasteiger partial charge on any atom is 0.410 e. The molecule has 0 aromatic heterocycles. The highest BCUT2D eigenvalue weighted by Crippen LogP contribution is 2.15. The van der Waals surface area contributed by atoms with Crippen molar-refractivity contribution < 1.29 is 19.1 Å². The highest BCUT2D eigenvalue weighted by atomic mass is 16.6. The Labute approximate surface area is 140 Å². The van der Waals surface area contributed by atoms with E-state index in [1.807, 2.05) is 20.8 Å². The average molecular weight is 325 g/mol. The molecule has 5 nitrogen and oxygen atoms in total. The summed E-state index contributed by atoms with van der Waals surface area (Å²) in [4.78, 5) is 26.0. The smallest absolute Gasteiger partial charge is 0.410 e. The van der Waals surface area contributed by atoms with Crippen LogP contribution in [0.4, 0.5) is 4.79 Å². The number of allylic oxidation sites excluding steroid dienone is 2. The van der Waals surface area contributed by atoms with Crippen molar-refractivity contribution in [2.24, 2.45) is 5.92 Å². The molecule has 0 heterocycles. The first-order chi connectivity index (χ1) is 10.7. The number of esters is 1. The van der Waals surface area contributed by atoms with E-state index >= 15 is 0 Å². The molecule has 0 aromatic rings. The van der Waals surface area contributed by atoms with Gasteiger partial charge in [-0.3, -0.25) is 4.79 Å². The van der Waals surface area contributed by atoms with Crippen molar-refractivity contribution >= 4 is 12.1 Å². The summed E-state index contributed by atoms with van der Waals surface area (Å²) in [6.07, 6.45) is 5.08. The van der Waals surface area contributed by atoms with Crippen LogP contribution in [-0.2, 0) is 14.3 Å². The summed E-state index contributed by atoms with van der Waals surface area (Å²) in [7, 11) is 0. The minimum absolute atomic E-state index is 0.261. The molecule has 0 radical (unpaired) electrons. The van der Waals surface area contributed by atoms with Crippen LogP contribution in [0.2, 0.25) is 0 Å². The highest BCUT2D eigenvalue weighted by molar-refractivity contribution is 5.74. The standard InChI is InChI=1S/C18H31NO4/c1-7-10-11-13-19(17(21)23-18(4,5)6)14-15(12-8-2)16(20)22-9-3/h7-8,15H,1-2,9-14H2,3-6H3. The molecule has 0 saturated carbocycles. The SMILES string of the molecule is C=CCCCN(CC(CC=C)C(=O)OCC)C(=O)OC(C)(C)C. The average Bonchev–Trinajstić information content (AvgIpc) is 2.43. The van der Waals surface area contributed by atoms with Crippen LogP contribution in [0.5, 0.6) is 0 Å². The normalized spacial score (nSPS) is 12.2. The van der Waals surface area contributed by atoms with Crippen molar-refractivity contribution in [3.8, 4) is 0 Å². The zero-order chi connectivity index (χ0) is 17.9. The minimum atomic E-state index is -0.578. The van der Waals surface area contributed by atoms with E-state index in [1.54, 1.807) is 24.0 Å². The van der Waals surface area contributed by atoms with E-state index in [-0.39, 0.29) is 12.5 Å². The minimum Gasteiger partial charge on any atom is -0.466 e. The predicted molar refractivity (Wildman–Crippen MR) is 92.2 cm³/mol. The first-order valence-electron chi connectivity index (χ1n) is 8.11. The van der Waals surface area contributed by atoms with E-state index in [2.05, 4.69) is 13.2 Å². The van der Waals surface area contributed by atoms with Crippen molar-refractivity contribution in [3.05, 3.63) is 25.3 Å². The molecule has 1 atom stereocenters. The summed E-state index contributed by atoms with van der Waals surface area (Å²) in [5, 5.41) is 0. The number of ether oxygens (including phenoxy) is 2. The molecule has 23 heavy (non-hydrogen) atoms. The van der Waals surface area contributed by atoms with Crippen LogP contribution >= 0.6 is 0 Å². The fourth-order valence-corrected chi connectivity index (χ4v) is 1.98. The maximum absolute atomic E-state index is 12.4. The van der Waals surface area contributed by atoms with Crippen LogP contribution in [0.3, 0.4) is 0 Å². The van der Waals surface area contributed by atoms with Crippen LogP contribution in [0.25, 0.3) is 0 Å². The van der Waals surface area contributed by atoms with Crippen molar-refractivity contribution in [2.75, 3.05) is 19.7 Å². The summed E-state index contributed by atoms with van der Waals surface area (Å²) in [5.41, 5.74) is -0.578. The molecule has 5 heteroatoms.